The topological polar surface area (TPSA) is 75.2 Å². The van der Waals surface area contributed by atoms with E-state index in [1.165, 1.54) is 24.5 Å². The summed E-state index contributed by atoms with van der Waals surface area (Å²) in [6.07, 6.45) is 3.88. The number of hydrogen-bond acceptors (Lipinski definition) is 4. The molecule has 1 N–H and O–H groups in total. The molecule has 25 heavy (non-hydrogen) atoms. The average molecular weight is 342 g/mol. The molecule has 1 aromatic heterocycles. The smallest absolute Gasteiger partial charge is 0.271 e. The van der Waals surface area contributed by atoms with E-state index in [9.17, 15) is 14.0 Å². The molecule has 6 nitrogen and oxygen atoms in total. The summed E-state index contributed by atoms with van der Waals surface area (Å²) in [5.41, 5.74) is 1.94. The number of hydrogen-bond donors (Lipinski definition) is 1. The Morgan fingerprint density at radius 2 is 2.04 bits per heavy atom. The van der Waals surface area contributed by atoms with E-state index < -0.39 is 0 Å². The van der Waals surface area contributed by atoms with Crippen molar-refractivity contribution in [3.63, 3.8) is 0 Å². The summed E-state index contributed by atoms with van der Waals surface area (Å²) in [6.45, 7) is 2.80. The molecule has 1 saturated heterocycles. The minimum atomic E-state index is -0.328. The van der Waals surface area contributed by atoms with E-state index in [1.54, 1.807) is 24.0 Å². The van der Waals surface area contributed by atoms with Crippen molar-refractivity contribution in [2.24, 2.45) is 0 Å². The highest BCUT2D eigenvalue weighted by Gasteiger charge is 2.30. The van der Waals surface area contributed by atoms with Gasteiger partial charge in [0.1, 0.15) is 11.5 Å². The van der Waals surface area contributed by atoms with Crippen LogP contribution in [0.5, 0.6) is 0 Å². The predicted octanol–water partition coefficient (Wildman–Crippen LogP) is 1.50. The van der Waals surface area contributed by atoms with Gasteiger partial charge in [-0.3, -0.25) is 14.6 Å². The van der Waals surface area contributed by atoms with Gasteiger partial charge in [-0.2, -0.15) is 0 Å². The molecule has 2 amide bonds. The lowest BCUT2D eigenvalue weighted by molar-refractivity contribution is -0.127. The molecular formula is C18H19FN4O2. The van der Waals surface area contributed by atoms with Crippen molar-refractivity contribution >= 4 is 11.8 Å². The van der Waals surface area contributed by atoms with E-state index in [4.69, 9.17) is 0 Å². The third-order valence-corrected chi connectivity index (χ3v) is 4.15. The number of carbonyl (C=O) groups excluding carboxylic acids is 2. The summed E-state index contributed by atoms with van der Waals surface area (Å²) in [4.78, 5) is 34.1. The first-order chi connectivity index (χ1) is 12.0. The Bertz CT molecular complexity index is 762. The monoisotopic (exact) mass is 342 g/mol. The number of halogens is 1. The molecule has 0 spiro atoms. The Morgan fingerprint density at radius 1 is 1.28 bits per heavy atom. The van der Waals surface area contributed by atoms with Gasteiger partial charge in [-0.05, 0) is 31.0 Å². The van der Waals surface area contributed by atoms with Crippen LogP contribution in [0.1, 0.15) is 28.2 Å². The van der Waals surface area contributed by atoms with Gasteiger partial charge in [-0.1, -0.05) is 12.1 Å². The zero-order valence-corrected chi connectivity index (χ0v) is 13.9. The number of aromatic nitrogens is 2. The van der Waals surface area contributed by atoms with Crippen LogP contribution >= 0.6 is 0 Å². The minimum absolute atomic E-state index is 0.00222. The number of rotatable bonds is 5. The fraction of sp³-hybridized carbons (Fsp3) is 0.333. The van der Waals surface area contributed by atoms with E-state index >= 15 is 0 Å². The SMILES string of the molecule is Cc1cnc(C(=O)N[C@H]2CC(=O)N(CCc3ccc(F)cc3)C2)cn1. The maximum Gasteiger partial charge on any atom is 0.271 e. The summed E-state index contributed by atoms with van der Waals surface area (Å²) in [6, 6.07) is 6.01. The Kier molecular flexibility index (Phi) is 5.02. The number of nitrogens with zero attached hydrogens (tertiary/aromatic N) is 3. The van der Waals surface area contributed by atoms with Crippen LogP contribution in [0.3, 0.4) is 0 Å². The molecule has 0 radical (unpaired) electrons. The van der Waals surface area contributed by atoms with Gasteiger partial charge in [0.2, 0.25) is 5.91 Å². The Morgan fingerprint density at radius 3 is 2.72 bits per heavy atom. The summed E-state index contributed by atoms with van der Waals surface area (Å²) < 4.78 is 12.9. The van der Waals surface area contributed by atoms with Crippen molar-refractivity contribution < 1.29 is 14.0 Å². The molecule has 2 heterocycles. The van der Waals surface area contributed by atoms with Gasteiger partial charge in [-0.25, -0.2) is 9.37 Å². The molecule has 0 unspecified atom stereocenters. The zero-order valence-electron chi connectivity index (χ0n) is 13.9. The first kappa shape index (κ1) is 17.0. The van der Waals surface area contributed by atoms with Gasteiger partial charge in [0, 0.05) is 25.7 Å². The number of likely N-dealkylation sites (tertiary alicyclic amines) is 1. The lowest BCUT2D eigenvalue weighted by atomic mass is 10.1. The van der Waals surface area contributed by atoms with E-state index in [0.29, 0.717) is 19.5 Å². The minimum Gasteiger partial charge on any atom is -0.346 e. The third kappa shape index (κ3) is 4.37. The molecule has 7 heteroatoms. The van der Waals surface area contributed by atoms with E-state index in [1.807, 2.05) is 0 Å². The fourth-order valence-electron chi connectivity index (χ4n) is 2.77. The van der Waals surface area contributed by atoms with Gasteiger partial charge >= 0.3 is 0 Å². The maximum absolute atomic E-state index is 12.9. The van der Waals surface area contributed by atoms with E-state index in [-0.39, 0.29) is 35.8 Å². The number of amides is 2. The first-order valence-corrected chi connectivity index (χ1v) is 8.13. The van der Waals surface area contributed by atoms with E-state index in [0.717, 1.165) is 11.3 Å². The van der Waals surface area contributed by atoms with Gasteiger partial charge in [-0.15, -0.1) is 0 Å². The highest BCUT2D eigenvalue weighted by Crippen LogP contribution is 2.13. The largest absolute Gasteiger partial charge is 0.346 e. The normalized spacial score (nSPS) is 17.0. The number of nitrogens with one attached hydrogen (secondary N) is 1. The molecule has 0 saturated carbocycles. The second kappa shape index (κ2) is 7.38. The van der Waals surface area contributed by atoms with Crippen LogP contribution in [-0.2, 0) is 11.2 Å². The van der Waals surface area contributed by atoms with Crippen LogP contribution in [-0.4, -0.2) is 45.8 Å². The number of benzene rings is 1. The van der Waals surface area contributed by atoms with Crippen LogP contribution in [0.4, 0.5) is 4.39 Å². The highest BCUT2D eigenvalue weighted by molar-refractivity contribution is 5.93. The lowest BCUT2D eigenvalue weighted by Gasteiger charge is -2.17. The maximum atomic E-state index is 12.9. The van der Waals surface area contributed by atoms with Crippen molar-refractivity contribution in [2.75, 3.05) is 13.1 Å². The van der Waals surface area contributed by atoms with Gasteiger partial charge in [0.25, 0.3) is 5.91 Å². The Hall–Kier alpha value is -2.83. The average Bonchev–Trinajstić information content (AvgIpc) is 2.94. The molecular weight excluding hydrogens is 323 g/mol. The third-order valence-electron chi connectivity index (χ3n) is 4.15. The molecule has 3 rings (SSSR count). The molecule has 1 aliphatic rings. The molecule has 1 aliphatic heterocycles. The molecule has 0 bridgehead atoms. The van der Waals surface area contributed by atoms with Crippen LogP contribution in [0, 0.1) is 12.7 Å². The number of carbonyl (C=O) groups is 2. The van der Waals surface area contributed by atoms with Crippen molar-refractivity contribution in [1.82, 2.24) is 20.2 Å². The summed E-state index contributed by atoms with van der Waals surface area (Å²) in [5, 5.41) is 2.83. The summed E-state index contributed by atoms with van der Waals surface area (Å²) >= 11 is 0. The second-order valence-electron chi connectivity index (χ2n) is 6.13. The van der Waals surface area contributed by atoms with Gasteiger partial charge in [0.15, 0.2) is 0 Å². The highest BCUT2D eigenvalue weighted by atomic mass is 19.1. The molecule has 2 aromatic rings. The van der Waals surface area contributed by atoms with Crippen molar-refractivity contribution in [3.05, 3.63) is 59.4 Å². The van der Waals surface area contributed by atoms with Crippen LogP contribution in [0.2, 0.25) is 0 Å². The summed E-state index contributed by atoms with van der Waals surface area (Å²) in [5.74, 6) is -0.601. The van der Waals surface area contributed by atoms with Crippen LogP contribution in [0.25, 0.3) is 0 Å². The van der Waals surface area contributed by atoms with Crippen LogP contribution < -0.4 is 5.32 Å². The molecule has 1 fully saturated rings. The molecule has 1 atom stereocenters. The zero-order chi connectivity index (χ0) is 17.8. The fourth-order valence-corrected chi connectivity index (χ4v) is 2.77. The predicted molar refractivity (Wildman–Crippen MR) is 89.3 cm³/mol. The standard InChI is InChI=1S/C18H19FN4O2/c1-12-9-21-16(10-20-12)18(25)22-15-8-17(24)23(11-15)7-6-13-2-4-14(19)5-3-13/h2-5,9-10,15H,6-8,11H2,1H3,(H,22,25)/t15-/m0/s1. The molecule has 0 aliphatic carbocycles. The Balaban J connectivity index is 1.52. The summed E-state index contributed by atoms with van der Waals surface area (Å²) in [7, 11) is 0. The van der Waals surface area contributed by atoms with Crippen LogP contribution in [0.15, 0.2) is 36.7 Å². The van der Waals surface area contributed by atoms with Crippen molar-refractivity contribution in [1.29, 1.82) is 0 Å². The van der Waals surface area contributed by atoms with Crippen molar-refractivity contribution in [3.8, 4) is 0 Å². The number of aryl methyl sites for hydroxylation is 1. The van der Waals surface area contributed by atoms with Gasteiger partial charge in [0.05, 0.1) is 17.9 Å². The van der Waals surface area contributed by atoms with Gasteiger partial charge < -0.3 is 10.2 Å². The second-order valence-corrected chi connectivity index (χ2v) is 6.13. The lowest BCUT2D eigenvalue weighted by Crippen LogP contribution is -2.38. The van der Waals surface area contributed by atoms with E-state index in [2.05, 4.69) is 15.3 Å². The Labute approximate surface area is 145 Å². The molecule has 130 valence electrons. The first-order valence-electron chi connectivity index (χ1n) is 8.13. The van der Waals surface area contributed by atoms with Crippen molar-refractivity contribution in [2.45, 2.75) is 25.8 Å². The quantitative estimate of drug-likeness (QED) is 0.893. The molecule has 1 aromatic carbocycles.